The van der Waals surface area contributed by atoms with Crippen molar-refractivity contribution in [2.45, 2.75) is 6.42 Å². The molecule has 6 heteroatoms. The minimum atomic E-state index is -0.251. The Labute approximate surface area is 111 Å². The van der Waals surface area contributed by atoms with Gasteiger partial charge in [-0.3, -0.25) is 9.59 Å². The van der Waals surface area contributed by atoms with Crippen LogP contribution >= 0.6 is 11.6 Å². The van der Waals surface area contributed by atoms with Crippen LogP contribution in [0.25, 0.3) is 0 Å². The van der Waals surface area contributed by atoms with Crippen molar-refractivity contribution in [2.75, 3.05) is 26.4 Å². The molecule has 0 aliphatic carbocycles. The SMILES string of the molecule is CNC(=O)CCN(C)C(=O)c1cc(Cl)ccc1N. The largest absolute Gasteiger partial charge is 0.398 e. The normalized spacial score (nSPS) is 9.94. The number of carbonyl (C=O) groups is 2. The molecule has 1 rings (SSSR count). The summed E-state index contributed by atoms with van der Waals surface area (Å²) in [4.78, 5) is 24.6. The third-order valence-electron chi connectivity index (χ3n) is 2.55. The Morgan fingerprint density at radius 1 is 1.44 bits per heavy atom. The number of nitrogens with two attached hydrogens (primary N) is 1. The summed E-state index contributed by atoms with van der Waals surface area (Å²) >= 11 is 5.83. The molecule has 0 aromatic heterocycles. The summed E-state index contributed by atoms with van der Waals surface area (Å²) in [6.45, 7) is 0.324. The summed E-state index contributed by atoms with van der Waals surface area (Å²) < 4.78 is 0. The lowest BCUT2D eigenvalue weighted by Crippen LogP contribution is -2.31. The minimum Gasteiger partial charge on any atom is -0.398 e. The molecule has 0 aliphatic heterocycles. The lowest BCUT2D eigenvalue weighted by molar-refractivity contribution is -0.120. The van der Waals surface area contributed by atoms with E-state index in [2.05, 4.69) is 5.32 Å². The van der Waals surface area contributed by atoms with Gasteiger partial charge < -0.3 is 16.0 Å². The molecule has 0 unspecified atom stereocenters. The Balaban J connectivity index is 2.74. The Morgan fingerprint density at radius 3 is 2.72 bits per heavy atom. The summed E-state index contributed by atoms with van der Waals surface area (Å²) in [5.41, 5.74) is 6.45. The number of rotatable bonds is 4. The molecule has 0 bridgehead atoms. The number of anilines is 1. The molecule has 0 fully saturated rings. The van der Waals surface area contributed by atoms with Gasteiger partial charge in [0.1, 0.15) is 0 Å². The molecular formula is C12H16ClN3O2. The number of nitrogens with zero attached hydrogens (tertiary/aromatic N) is 1. The zero-order valence-corrected chi connectivity index (χ0v) is 11.1. The van der Waals surface area contributed by atoms with Gasteiger partial charge in [-0.1, -0.05) is 11.6 Å². The highest BCUT2D eigenvalue weighted by atomic mass is 35.5. The molecule has 0 saturated carbocycles. The van der Waals surface area contributed by atoms with Crippen molar-refractivity contribution in [1.29, 1.82) is 0 Å². The summed E-state index contributed by atoms with van der Waals surface area (Å²) in [5, 5.41) is 2.95. The van der Waals surface area contributed by atoms with Gasteiger partial charge >= 0.3 is 0 Å². The molecule has 0 atom stereocenters. The predicted octanol–water partition coefficient (Wildman–Crippen LogP) is 1.13. The molecule has 0 saturated heterocycles. The third-order valence-corrected chi connectivity index (χ3v) is 2.78. The zero-order chi connectivity index (χ0) is 13.7. The zero-order valence-electron chi connectivity index (χ0n) is 10.4. The van der Waals surface area contributed by atoms with Crippen LogP contribution in [0.2, 0.25) is 5.02 Å². The number of benzene rings is 1. The van der Waals surface area contributed by atoms with Crippen molar-refractivity contribution in [3.8, 4) is 0 Å². The lowest BCUT2D eigenvalue weighted by atomic mass is 10.1. The van der Waals surface area contributed by atoms with Gasteiger partial charge in [0.15, 0.2) is 0 Å². The van der Waals surface area contributed by atoms with Crippen LogP contribution in [0.4, 0.5) is 5.69 Å². The lowest BCUT2D eigenvalue weighted by Gasteiger charge is -2.17. The Hall–Kier alpha value is -1.75. The Kier molecular flexibility index (Phi) is 4.97. The van der Waals surface area contributed by atoms with Gasteiger partial charge in [0.2, 0.25) is 5.91 Å². The van der Waals surface area contributed by atoms with E-state index >= 15 is 0 Å². The van der Waals surface area contributed by atoms with Crippen molar-refractivity contribution in [3.63, 3.8) is 0 Å². The molecule has 0 heterocycles. The second-order valence-electron chi connectivity index (χ2n) is 3.88. The van der Waals surface area contributed by atoms with Gasteiger partial charge in [-0.25, -0.2) is 0 Å². The van der Waals surface area contributed by atoms with Crippen LogP contribution in [-0.4, -0.2) is 37.4 Å². The first kappa shape index (κ1) is 14.3. The topological polar surface area (TPSA) is 75.4 Å². The highest BCUT2D eigenvalue weighted by Gasteiger charge is 2.15. The molecule has 2 amide bonds. The first-order valence-corrected chi connectivity index (χ1v) is 5.84. The van der Waals surface area contributed by atoms with Gasteiger partial charge in [-0.05, 0) is 18.2 Å². The molecule has 1 aromatic carbocycles. The average Bonchev–Trinajstić information content (AvgIpc) is 2.37. The van der Waals surface area contributed by atoms with E-state index in [0.717, 1.165) is 0 Å². The minimum absolute atomic E-state index is 0.117. The first-order valence-electron chi connectivity index (χ1n) is 5.46. The maximum absolute atomic E-state index is 12.1. The van der Waals surface area contributed by atoms with E-state index in [0.29, 0.717) is 22.8 Å². The number of nitrogen functional groups attached to an aromatic ring is 1. The van der Waals surface area contributed by atoms with Crippen molar-refractivity contribution < 1.29 is 9.59 Å². The summed E-state index contributed by atoms with van der Waals surface area (Å²) in [5.74, 6) is -0.368. The van der Waals surface area contributed by atoms with Gasteiger partial charge in [-0.2, -0.15) is 0 Å². The van der Waals surface area contributed by atoms with E-state index in [9.17, 15) is 9.59 Å². The number of hydrogen-bond donors (Lipinski definition) is 2. The third kappa shape index (κ3) is 3.63. The fourth-order valence-electron chi connectivity index (χ4n) is 1.42. The number of halogens is 1. The number of hydrogen-bond acceptors (Lipinski definition) is 3. The van der Waals surface area contributed by atoms with Crippen LogP contribution in [-0.2, 0) is 4.79 Å². The molecule has 0 aliphatic rings. The number of amides is 2. The van der Waals surface area contributed by atoms with Crippen molar-refractivity contribution >= 4 is 29.1 Å². The van der Waals surface area contributed by atoms with E-state index in [1.165, 1.54) is 11.0 Å². The monoisotopic (exact) mass is 269 g/mol. The van der Waals surface area contributed by atoms with Crippen LogP contribution in [0.15, 0.2) is 18.2 Å². The average molecular weight is 270 g/mol. The fraction of sp³-hybridized carbons (Fsp3) is 0.333. The van der Waals surface area contributed by atoms with Crippen molar-refractivity contribution in [2.24, 2.45) is 0 Å². The van der Waals surface area contributed by atoms with E-state index in [4.69, 9.17) is 17.3 Å². The van der Waals surface area contributed by atoms with Crippen molar-refractivity contribution in [1.82, 2.24) is 10.2 Å². The van der Waals surface area contributed by atoms with Crippen LogP contribution in [0.3, 0.4) is 0 Å². The molecule has 5 nitrogen and oxygen atoms in total. The van der Waals surface area contributed by atoms with Crippen LogP contribution in [0.1, 0.15) is 16.8 Å². The summed E-state index contributed by atoms with van der Waals surface area (Å²) in [6.07, 6.45) is 0.249. The predicted molar refractivity (Wildman–Crippen MR) is 71.5 cm³/mol. The molecule has 98 valence electrons. The molecule has 0 spiro atoms. The number of carbonyl (C=O) groups excluding carboxylic acids is 2. The van der Waals surface area contributed by atoms with Crippen molar-refractivity contribution in [3.05, 3.63) is 28.8 Å². The fourth-order valence-corrected chi connectivity index (χ4v) is 1.59. The van der Waals surface area contributed by atoms with Crippen LogP contribution < -0.4 is 11.1 Å². The van der Waals surface area contributed by atoms with E-state index < -0.39 is 0 Å². The second kappa shape index (κ2) is 6.26. The van der Waals surface area contributed by atoms with Gasteiger partial charge in [-0.15, -0.1) is 0 Å². The first-order chi connectivity index (χ1) is 8.45. The second-order valence-corrected chi connectivity index (χ2v) is 4.32. The van der Waals surface area contributed by atoms with E-state index in [-0.39, 0.29) is 18.2 Å². The van der Waals surface area contributed by atoms with Gasteiger partial charge in [0.05, 0.1) is 5.56 Å². The maximum atomic E-state index is 12.1. The Morgan fingerprint density at radius 2 is 2.11 bits per heavy atom. The summed E-state index contributed by atoms with van der Waals surface area (Å²) in [6, 6.07) is 4.73. The molecular weight excluding hydrogens is 254 g/mol. The highest BCUT2D eigenvalue weighted by molar-refractivity contribution is 6.31. The molecule has 3 N–H and O–H groups in total. The standard InChI is InChI=1S/C12H16ClN3O2/c1-15-11(17)5-6-16(2)12(18)9-7-8(13)3-4-10(9)14/h3-4,7H,5-6,14H2,1-2H3,(H,15,17). The van der Waals surface area contributed by atoms with Gasteiger partial charge in [0.25, 0.3) is 5.91 Å². The maximum Gasteiger partial charge on any atom is 0.255 e. The van der Waals surface area contributed by atoms with E-state index in [1.54, 1.807) is 26.2 Å². The summed E-state index contributed by atoms with van der Waals surface area (Å²) in [7, 11) is 3.17. The van der Waals surface area contributed by atoms with Crippen LogP contribution in [0, 0.1) is 0 Å². The highest BCUT2D eigenvalue weighted by Crippen LogP contribution is 2.19. The molecule has 0 radical (unpaired) electrons. The van der Waals surface area contributed by atoms with Gasteiger partial charge in [0, 0.05) is 37.8 Å². The smallest absolute Gasteiger partial charge is 0.255 e. The quantitative estimate of drug-likeness (QED) is 0.805. The van der Waals surface area contributed by atoms with E-state index in [1.807, 2.05) is 0 Å². The molecule has 18 heavy (non-hydrogen) atoms. The van der Waals surface area contributed by atoms with Crippen LogP contribution in [0.5, 0.6) is 0 Å². The number of nitrogens with one attached hydrogen (secondary N) is 1. The Bertz CT molecular complexity index is 463. The molecule has 1 aromatic rings.